The van der Waals surface area contributed by atoms with Crippen LogP contribution in [0.2, 0.25) is 20.1 Å². The molecule has 0 aliphatic carbocycles. The van der Waals surface area contributed by atoms with Crippen LogP contribution in [0.5, 0.6) is 11.5 Å². The van der Waals surface area contributed by atoms with Crippen molar-refractivity contribution in [2.24, 2.45) is 0 Å². The maximum Gasteiger partial charge on any atom is 0.357 e. The minimum absolute atomic E-state index is 0.0108. The molecular formula is C14H6Cl4O3. The number of ether oxygens (including phenoxy) is 2. The second-order valence-corrected chi connectivity index (χ2v) is 5.76. The predicted molar refractivity (Wildman–Crippen MR) is 81.9 cm³/mol. The normalized spacial score (nSPS) is 17.0. The second-order valence-electron chi connectivity index (χ2n) is 4.24. The van der Waals surface area contributed by atoms with Gasteiger partial charge in [-0.3, -0.25) is 0 Å². The van der Waals surface area contributed by atoms with Gasteiger partial charge in [0.2, 0.25) is 6.10 Å². The predicted octanol–water partition coefficient (Wildman–Crippen LogP) is 5.34. The van der Waals surface area contributed by atoms with Gasteiger partial charge in [-0.25, -0.2) is 4.79 Å². The van der Waals surface area contributed by atoms with Gasteiger partial charge in [0.25, 0.3) is 0 Å². The molecule has 2 aromatic carbocycles. The zero-order chi connectivity index (χ0) is 15.1. The highest BCUT2D eigenvalue weighted by Gasteiger charge is 2.36. The summed E-state index contributed by atoms with van der Waals surface area (Å²) < 4.78 is 10.9. The largest absolute Gasteiger partial charge is 0.468 e. The van der Waals surface area contributed by atoms with Crippen LogP contribution in [-0.2, 0) is 4.79 Å². The summed E-state index contributed by atoms with van der Waals surface area (Å²) in [6.07, 6.45) is -0.940. The van der Waals surface area contributed by atoms with Crippen LogP contribution in [0, 0.1) is 0 Å². The molecule has 108 valence electrons. The number of benzene rings is 2. The Labute approximate surface area is 140 Å². The molecule has 0 radical (unpaired) electrons. The van der Waals surface area contributed by atoms with Gasteiger partial charge in [-0.1, -0.05) is 76.7 Å². The average Bonchev–Trinajstić information content (AvgIpc) is 2.51. The molecule has 0 amide bonds. The van der Waals surface area contributed by atoms with Crippen LogP contribution in [0.4, 0.5) is 0 Å². The Bertz CT molecular complexity index is 731. The molecule has 1 heterocycles. The Kier molecular flexibility index (Phi) is 3.93. The number of carbonyl (C=O) groups excluding carboxylic acids is 1. The molecular weight excluding hydrogens is 358 g/mol. The van der Waals surface area contributed by atoms with Crippen molar-refractivity contribution < 1.29 is 14.3 Å². The van der Waals surface area contributed by atoms with Crippen LogP contribution in [0.1, 0.15) is 11.7 Å². The fourth-order valence-electron chi connectivity index (χ4n) is 1.94. The van der Waals surface area contributed by atoms with Gasteiger partial charge in [0.05, 0.1) is 10.0 Å². The molecule has 0 fully saturated rings. The molecule has 7 heteroatoms. The van der Waals surface area contributed by atoms with E-state index < -0.39 is 12.1 Å². The number of fused-ring (bicyclic) bond motifs is 1. The monoisotopic (exact) mass is 362 g/mol. The minimum atomic E-state index is -0.940. The first-order chi connectivity index (χ1) is 10.0. The fourth-order valence-corrected chi connectivity index (χ4v) is 2.84. The molecule has 3 rings (SSSR count). The molecule has 0 saturated carbocycles. The molecule has 0 N–H and O–H groups in total. The summed E-state index contributed by atoms with van der Waals surface area (Å²) in [5.74, 6) is -0.525. The van der Waals surface area contributed by atoms with Crippen molar-refractivity contribution in [1.29, 1.82) is 0 Å². The van der Waals surface area contributed by atoms with E-state index in [-0.39, 0.29) is 31.6 Å². The average molecular weight is 364 g/mol. The molecule has 3 nitrogen and oxygen atoms in total. The standard InChI is InChI=1S/C14H6Cl4O3/c15-7-8(16)10(18)13-12(9(7)17)20-11(14(19)21-13)6-4-2-1-3-5-6/h1-5,11H/t11-/m1/s1. The lowest BCUT2D eigenvalue weighted by atomic mass is 10.1. The van der Waals surface area contributed by atoms with E-state index in [9.17, 15) is 4.79 Å². The van der Waals surface area contributed by atoms with Crippen LogP contribution in [0.3, 0.4) is 0 Å². The topological polar surface area (TPSA) is 35.5 Å². The van der Waals surface area contributed by atoms with Crippen molar-refractivity contribution in [3.63, 3.8) is 0 Å². The molecule has 21 heavy (non-hydrogen) atoms. The van der Waals surface area contributed by atoms with Gasteiger partial charge >= 0.3 is 5.97 Å². The lowest BCUT2D eigenvalue weighted by molar-refractivity contribution is -0.145. The highest BCUT2D eigenvalue weighted by Crippen LogP contribution is 2.53. The molecule has 1 atom stereocenters. The van der Waals surface area contributed by atoms with Gasteiger partial charge in [0.15, 0.2) is 11.5 Å². The number of hydrogen-bond donors (Lipinski definition) is 0. The smallest absolute Gasteiger partial charge is 0.357 e. The molecule has 2 aromatic rings. The van der Waals surface area contributed by atoms with Crippen molar-refractivity contribution in [3.8, 4) is 11.5 Å². The third-order valence-corrected chi connectivity index (χ3v) is 4.71. The van der Waals surface area contributed by atoms with Crippen LogP contribution in [0.25, 0.3) is 0 Å². The molecule has 0 aromatic heterocycles. The summed E-state index contributed by atoms with van der Waals surface area (Å²) in [5, 5.41) is 0.0962. The van der Waals surface area contributed by atoms with Crippen molar-refractivity contribution >= 4 is 52.4 Å². The van der Waals surface area contributed by atoms with E-state index >= 15 is 0 Å². The van der Waals surface area contributed by atoms with Gasteiger partial charge in [0.1, 0.15) is 10.0 Å². The number of esters is 1. The second kappa shape index (κ2) is 5.58. The number of hydrogen-bond acceptors (Lipinski definition) is 3. The van der Waals surface area contributed by atoms with Gasteiger partial charge in [-0.15, -0.1) is 0 Å². The number of rotatable bonds is 1. The van der Waals surface area contributed by atoms with Gasteiger partial charge < -0.3 is 9.47 Å². The fraction of sp³-hybridized carbons (Fsp3) is 0.0714. The number of carbonyl (C=O) groups is 1. The van der Waals surface area contributed by atoms with E-state index in [2.05, 4.69) is 0 Å². The van der Waals surface area contributed by atoms with Crippen LogP contribution < -0.4 is 9.47 Å². The van der Waals surface area contributed by atoms with E-state index in [4.69, 9.17) is 55.9 Å². The zero-order valence-corrected chi connectivity index (χ0v) is 13.2. The Morgan fingerprint density at radius 2 is 1.38 bits per heavy atom. The first-order valence-corrected chi connectivity index (χ1v) is 7.31. The quantitative estimate of drug-likeness (QED) is 0.297. The Morgan fingerprint density at radius 1 is 0.810 bits per heavy atom. The van der Waals surface area contributed by atoms with Crippen LogP contribution in [0.15, 0.2) is 30.3 Å². The van der Waals surface area contributed by atoms with Gasteiger partial charge in [-0.2, -0.15) is 0 Å². The molecule has 0 spiro atoms. The van der Waals surface area contributed by atoms with Crippen molar-refractivity contribution in [3.05, 3.63) is 56.0 Å². The molecule has 1 aliphatic heterocycles. The Morgan fingerprint density at radius 3 is 2.00 bits per heavy atom. The summed E-state index contributed by atoms with van der Waals surface area (Å²) in [6, 6.07) is 8.87. The maximum absolute atomic E-state index is 12.1. The van der Waals surface area contributed by atoms with E-state index in [0.717, 1.165) is 0 Å². The van der Waals surface area contributed by atoms with E-state index in [1.165, 1.54) is 0 Å². The molecule has 1 aliphatic rings. The van der Waals surface area contributed by atoms with Gasteiger partial charge in [-0.05, 0) is 0 Å². The summed E-state index contributed by atoms with van der Waals surface area (Å²) in [7, 11) is 0. The highest BCUT2D eigenvalue weighted by molar-refractivity contribution is 6.53. The van der Waals surface area contributed by atoms with Crippen molar-refractivity contribution in [1.82, 2.24) is 0 Å². The summed E-state index contributed by atoms with van der Waals surface area (Å²) in [6.45, 7) is 0. The summed E-state index contributed by atoms with van der Waals surface area (Å²) in [5.41, 5.74) is 0.631. The lowest BCUT2D eigenvalue weighted by Crippen LogP contribution is -2.28. The number of halogens is 4. The highest BCUT2D eigenvalue weighted by atomic mass is 35.5. The molecule has 0 unspecified atom stereocenters. The Hall–Kier alpha value is -1.13. The SMILES string of the molecule is O=C1Oc2c(Cl)c(Cl)c(Cl)c(Cl)c2O[C@@H]1c1ccccc1. The maximum atomic E-state index is 12.1. The van der Waals surface area contributed by atoms with Crippen molar-refractivity contribution in [2.75, 3.05) is 0 Å². The van der Waals surface area contributed by atoms with E-state index in [1.54, 1.807) is 24.3 Å². The minimum Gasteiger partial charge on any atom is -0.468 e. The first-order valence-electron chi connectivity index (χ1n) is 5.80. The van der Waals surface area contributed by atoms with Crippen LogP contribution >= 0.6 is 46.4 Å². The molecule has 0 saturated heterocycles. The lowest BCUT2D eigenvalue weighted by Gasteiger charge is -2.27. The summed E-state index contributed by atoms with van der Waals surface area (Å²) in [4.78, 5) is 12.1. The van der Waals surface area contributed by atoms with E-state index in [0.29, 0.717) is 5.56 Å². The van der Waals surface area contributed by atoms with Crippen LogP contribution in [-0.4, -0.2) is 5.97 Å². The summed E-state index contributed by atoms with van der Waals surface area (Å²) >= 11 is 24.0. The van der Waals surface area contributed by atoms with Gasteiger partial charge in [0, 0.05) is 5.56 Å². The Balaban J connectivity index is 2.12. The van der Waals surface area contributed by atoms with E-state index in [1.807, 2.05) is 6.07 Å². The zero-order valence-electron chi connectivity index (χ0n) is 10.2. The third kappa shape index (κ3) is 2.44. The first kappa shape index (κ1) is 14.8. The molecule has 0 bridgehead atoms. The van der Waals surface area contributed by atoms with Crippen molar-refractivity contribution in [2.45, 2.75) is 6.10 Å². The third-order valence-electron chi connectivity index (χ3n) is 2.94.